The minimum atomic E-state index is -1.45. The molecule has 1 unspecified atom stereocenters. The van der Waals surface area contributed by atoms with Crippen LogP contribution in [0.1, 0.15) is 44.5 Å². The van der Waals surface area contributed by atoms with Crippen LogP contribution in [0.3, 0.4) is 0 Å². The number of rotatable bonds is 3. The summed E-state index contributed by atoms with van der Waals surface area (Å²) in [5, 5.41) is 0. The van der Waals surface area contributed by atoms with Crippen molar-refractivity contribution in [3.05, 3.63) is 23.8 Å². The molecule has 0 aliphatic carbocycles. The Morgan fingerprint density at radius 3 is 2.55 bits per heavy atom. The smallest absolute Gasteiger partial charge is 0.245 e. The van der Waals surface area contributed by atoms with Crippen LogP contribution < -0.4 is 4.90 Å². The summed E-state index contributed by atoms with van der Waals surface area (Å²) < 4.78 is 11.7. The van der Waals surface area contributed by atoms with E-state index in [2.05, 4.69) is 0 Å². The second kappa shape index (κ2) is 5.13. The molecule has 1 aliphatic rings. The summed E-state index contributed by atoms with van der Waals surface area (Å²) in [5.74, 6) is -0.192. The number of carbonyl (C=O) groups is 2. The van der Waals surface area contributed by atoms with Crippen molar-refractivity contribution < 1.29 is 13.8 Å². The van der Waals surface area contributed by atoms with Gasteiger partial charge in [0.15, 0.2) is 5.78 Å². The van der Waals surface area contributed by atoms with Gasteiger partial charge in [-0.05, 0) is 45.4 Å². The molecule has 0 spiro atoms. The van der Waals surface area contributed by atoms with E-state index >= 15 is 0 Å². The number of hydrogen-bond donors (Lipinski definition) is 0. The van der Waals surface area contributed by atoms with Crippen molar-refractivity contribution in [1.82, 2.24) is 0 Å². The highest BCUT2D eigenvalue weighted by Gasteiger charge is 2.44. The van der Waals surface area contributed by atoms with Crippen molar-refractivity contribution >= 4 is 28.2 Å². The van der Waals surface area contributed by atoms with E-state index in [0.29, 0.717) is 22.7 Å². The first kappa shape index (κ1) is 14.9. The van der Waals surface area contributed by atoms with Crippen molar-refractivity contribution in [2.75, 3.05) is 11.4 Å². The Morgan fingerprint density at radius 2 is 2.00 bits per heavy atom. The maximum absolute atomic E-state index is 12.6. The van der Waals surface area contributed by atoms with Crippen molar-refractivity contribution in [3.8, 4) is 0 Å². The number of anilines is 1. The van der Waals surface area contributed by atoms with Gasteiger partial charge >= 0.3 is 0 Å². The first-order valence-electron chi connectivity index (χ1n) is 6.69. The first-order valence-corrected chi connectivity index (χ1v) is 7.84. The Hall–Kier alpha value is -1.49. The second-order valence-electron chi connectivity index (χ2n) is 5.47. The summed E-state index contributed by atoms with van der Waals surface area (Å²) in [6.07, 6.45) is 0.822. The van der Waals surface area contributed by atoms with Gasteiger partial charge < -0.3 is 4.90 Å². The molecule has 0 aromatic heterocycles. The molecule has 1 heterocycles. The van der Waals surface area contributed by atoms with Crippen molar-refractivity contribution in [1.29, 1.82) is 0 Å². The lowest BCUT2D eigenvalue weighted by Crippen LogP contribution is -2.52. The third-order valence-electron chi connectivity index (χ3n) is 3.53. The maximum atomic E-state index is 12.6. The molecule has 0 saturated heterocycles. The van der Waals surface area contributed by atoms with E-state index in [1.165, 1.54) is 6.92 Å². The third-order valence-corrected chi connectivity index (χ3v) is 5.36. The zero-order valence-electron chi connectivity index (χ0n) is 12.2. The third kappa shape index (κ3) is 2.20. The molecule has 0 saturated carbocycles. The van der Waals surface area contributed by atoms with Gasteiger partial charge in [-0.1, -0.05) is 6.92 Å². The molecule has 5 heteroatoms. The second-order valence-corrected chi connectivity index (χ2v) is 7.47. The predicted octanol–water partition coefficient (Wildman–Crippen LogP) is 2.53. The van der Waals surface area contributed by atoms with Gasteiger partial charge in [-0.2, -0.15) is 0 Å². The molecule has 108 valence electrons. The Balaban J connectivity index is 2.64. The predicted molar refractivity (Wildman–Crippen MR) is 79.6 cm³/mol. The van der Waals surface area contributed by atoms with Crippen LogP contribution in [0, 0.1) is 0 Å². The van der Waals surface area contributed by atoms with Crippen LogP contribution in [0.4, 0.5) is 5.69 Å². The molecule has 0 fully saturated rings. The Bertz CT molecular complexity index is 607. The SMILES string of the molecule is CCCN1C(=O)C(C)(C)S(=O)c2cc(C(C)=O)ccc21. The van der Waals surface area contributed by atoms with E-state index in [1.54, 1.807) is 36.9 Å². The molecule has 20 heavy (non-hydrogen) atoms. The summed E-state index contributed by atoms with van der Waals surface area (Å²) in [6.45, 7) is 7.45. The number of fused-ring (bicyclic) bond motifs is 1. The fraction of sp³-hybridized carbons (Fsp3) is 0.467. The summed E-state index contributed by atoms with van der Waals surface area (Å²) in [7, 11) is -1.45. The molecule has 0 radical (unpaired) electrons. The average molecular weight is 293 g/mol. The van der Waals surface area contributed by atoms with Gasteiger partial charge in [0.1, 0.15) is 4.75 Å². The lowest BCUT2D eigenvalue weighted by Gasteiger charge is -2.37. The van der Waals surface area contributed by atoms with E-state index in [-0.39, 0.29) is 11.7 Å². The monoisotopic (exact) mass is 293 g/mol. The molecule has 2 rings (SSSR count). The van der Waals surface area contributed by atoms with Gasteiger partial charge in [-0.15, -0.1) is 0 Å². The van der Waals surface area contributed by atoms with Crippen LogP contribution in [0.15, 0.2) is 23.1 Å². The number of amides is 1. The molecule has 1 amide bonds. The summed E-state index contributed by atoms with van der Waals surface area (Å²) in [4.78, 5) is 26.2. The van der Waals surface area contributed by atoms with E-state index in [9.17, 15) is 13.8 Å². The first-order chi connectivity index (χ1) is 9.30. The topological polar surface area (TPSA) is 54.5 Å². The number of hydrogen-bond acceptors (Lipinski definition) is 3. The highest BCUT2D eigenvalue weighted by Crippen LogP contribution is 2.38. The van der Waals surface area contributed by atoms with Crippen LogP contribution in [-0.4, -0.2) is 27.2 Å². The largest absolute Gasteiger partial charge is 0.310 e. The number of Topliss-reactive ketones (excluding diaryl/α,β-unsaturated/α-hetero) is 1. The summed E-state index contributed by atoms with van der Waals surface area (Å²) in [5.41, 5.74) is 1.19. The van der Waals surface area contributed by atoms with Crippen LogP contribution in [-0.2, 0) is 15.6 Å². The zero-order valence-corrected chi connectivity index (χ0v) is 13.0. The van der Waals surface area contributed by atoms with Crippen LogP contribution >= 0.6 is 0 Å². The minimum absolute atomic E-state index is 0.0680. The van der Waals surface area contributed by atoms with E-state index in [1.807, 2.05) is 6.92 Å². The Morgan fingerprint density at radius 1 is 1.35 bits per heavy atom. The van der Waals surface area contributed by atoms with E-state index in [4.69, 9.17) is 0 Å². The minimum Gasteiger partial charge on any atom is -0.310 e. The fourth-order valence-corrected chi connectivity index (χ4v) is 3.76. The molecule has 4 nitrogen and oxygen atoms in total. The van der Waals surface area contributed by atoms with E-state index in [0.717, 1.165) is 6.42 Å². The molecule has 0 N–H and O–H groups in total. The van der Waals surface area contributed by atoms with Crippen molar-refractivity contribution in [2.24, 2.45) is 0 Å². The number of ketones is 1. The highest BCUT2D eigenvalue weighted by atomic mass is 32.2. The summed E-state index contributed by atoms with van der Waals surface area (Å²) in [6, 6.07) is 5.07. The Kier molecular flexibility index (Phi) is 3.82. The van der Waals surface area contributed by atoms with Gasteiger partial charge in [0.2, 0.25) is 5.91 Å². The highest BCUT2D eigenvalue weighted by molar-refractivity contribution is 7.87. The lowest BCUT2D eigenvalue weighted by molar-refractivity contribution is -0.120. The standard InChI is InChI=1S/C15H19NO3S/c1-5-8-16-12-7-6-11(10(2)17)9-13(12)20(19)15(3,4)14(16)18/h6-7,9H,5,8H2,1-4H3. The van der Waals surface area contributed by atoms with E-state index < -0.39 is 15.5 Å². The molecule has 1 atom stereocenters. The molecule has 0 bridgehead atoms. The van der Waals surface area contributed by atoms with Crippen LogP contribution in [0.5, 0.6) is 0 Å². The van der Waals surface area contributed by atoms with Gasteiger partial charge in [0.05, 0.1) is 21.4 Å². The van der Waals surface area contributed by atoms with Gasteiger partial charge in [0, 0.05) is 12.1 Å². The Labute approximate surface area is 121 Å². The lowest BCUT2D eigenvalue weighted by atomic mass is 10.1. The van der Waals surface area contributed by atoms with Crippen LogP contribution in [0.25, 0.3) is 0 Å². The van der Waals surface area contributed by atoms with Crippen molar-refractivity contribution in [2.45, 2.75) is 43.8 Å². The molecule has 1 aliphatic heterocycles. The van der Waals surface area contributed by atoms with Crippen molar-refractivity contribution in [3.63, 3.8) is 0 Å². The zero-order chi connectivity index (χ0) is 15.1. The molecule has 1 aromatic carbocycles. The normalized spacial score (nSPS) is 20.7. The van der Waals surface area contributed by atoms with Gasteiger partial charge in [0.25, 0.3) is 0 Å². The van der Waals surface area contributed by atoms with Crippen LogP contribution in [0.2, 0.25) is 0 Å². The molecular formula is C15H19NO3S. The van der Waals surface area contributed by atoms with Gasteiger partial charge in [-0.3, -0.25) is 13.8 Å². The maximum Gasteiger partial charge on any atom is 0.245 e. The van der Waals surface area contributed by atoms with Gasteiger partial charge in [-0.25, -0.2) is 0 Å². The molecule has 1 aromatic rings. The number of carbonyl (C=O) groups excluding carboxylic acids is 2. The fourth-order valence-electron chi connectivity index (χ4n) is 2.34. The summed E-state index contributed by atoms with van der Waals surface area (Å²) >= 11 is 0. The quantitative estimate of drug-likeness (QED) is 0.805. The molecular weight excluding hydrogens is 274 g/mol. The number of nitrogens with zero attached hydrogens (tertiary/aromatic N) is 1. The average Bonchev–Trinajstić information content (AvgIpc) is 2.41. The number of benzene rings is 1.